The van der Waals surface area contributed by atoms with E-state index in [9.17, 15) is 4.79 Å². The summed E-state index contributed by atoms with van der Waals surface area (Å²) in [7, 11) is 0. The molecule has 0 atom stereocenters. The minimum absolute atomic E-state index is 0.249. The fraction of sp³-hybridized carbons (Fsp3) is 0.455. The minimum Gasteiger partial charge on any atom is -0.478 e. The largest absolute Gasteiger partial charge is 0.478 e. The number of carboxylic acids is 1. The summed E-state index contributed by atoms with van der Waals surface area (Å²) in [5.41, 5.74) is 1.65. The maximum Gasteiger partial charge on any atom is 0.337 e. The lowest BCUT2D eigenvalue weighted by molar-refractivity contribution is 0.0696. The number of pyridine rings is 1. The van der Waals surface area contributed by atoms with Crippen molar-refractivity contribution in [3.05, 3.63) is 23.4 Å². The zero-order valence-corrected chi connectivity index (χ0v) is 8.29. The van der Waals surface area contributed by atoms with Crippen molar-refractivity contribution in [1.82, 2.24) is 4.98 Å². The van der Waals surface area contributed by atoms with Crippen LogP contribution in [0.3, 0.4) is 0 Å². The first kappa shape index (κ1) is 8.71. The van der Waals surface area contributed by atoms with Crippen molar-refractivity contribution in [2.24, 2.45) is 0 Å². The highest BCUT2D eigenvalue weighted by molar-refractivity contribution is 5.88. The van der Waals surface area contributed by atoms with Crippen molar-refractivity contribution in [2.75, 3.05) is 11.9 Å². The van der Waals surface area contributed by atoms with Gasteiger partial charge in [0.15, 0.2) is 0 Å². The maximum atomic E-state index is 10.9. The summed E-state index contributed by atoms with van der Waals surface area (Å²) in [5, 5.41) is 12.1. The van der Waals surface area contributed by atoms with Crippen molar-refractivity contribution in [2.45, 2.75) is 24.7 Å². The highest BCUT2D eigenvalue weighted by atomic mass is 16.4. The normalized spacial score (nSPS) is 20.5. The number of anilines is 1. The Morgan fingerprint density at radius 2 is 2.27 bits per heavy atom. The van der Waals surface area contributed by atoms with Crippen LogP contribution in [0.15, 0.2) is 12.3 Å². The number of nitrogens with zero attached hydrogens (tertiary/aromatic N) is 1. The zero-order valence-electron chi connectivity index (χ0n) is 8.29. The standard InChI is InChI=1S/C11H12N2O2/c14-10(15)7-5-8-9(13-6-7)12-4-3-11(8)1-2-11/h5-6H,1-4H2,(H,12,13)(H,14,15). The SMILES string of the molecule is O=C(O)c1cnc2c(c1)C1(CCN2)CC1. The summed E-state index contributed by atoms with van der Waals surface area (Å²) in [6.45, 7) is 0.951. The van der Waals surface area contributed by atoms with E-state index in [1.807, 2.05) is 0 Å². The maximum absolute atomic E-state index is 10.9. The van der Waals surface area contributed by atoms with Gasteiger partial charge in [0.05, 0.1) is 5.56 Å². The van der Waals surface area contributed by atoms with Crippen LogP contribution in [0.1, 0.15) is 35.2 Å². The zero-order chi connectivity index (χ0) is 10.5. The Bertz CT molecular complexity index is 438. The van der Waals surface area contributed by atoms with Crippen LogP contribution >= 0.6 is 0 Å². The molecule has 0 saturated heterocycles. The van der Waals surface area contributed by atoms with Crippen LogP contribution in [0.5, 0.6) is 0 Å². The number of aromatic carboxylic acids is 1. The first-order chi connectivity index (χ1) is 7.21. The smallest absolute Gasteiger partial charge is 0.337 e. The molecule has 15 heavy (non-hydrogen) atoms. The Morgan fingerprint density at radius 1 is 1.47 bits per heavy atom. The lowest BCUT2D eigenvalue weighted by Crippen LogP contribution is -2.23. The van der Waals surface area contributed by atoms with Crippen LogP contribution in [-0.2, 0) is 5.41 Å². The minimum atomic E-state index is -0.897. The number of hydrogen-bond donors (Lipinski definition) is 2. The average Bonchev–Trinajstić information content (AvgIpc) is 2.99. The highest BCUT2D eigenvalue weighted by Gasteiger charge is 2.47. The molecule has 1 aliphatic carbocycles. The molecule has 1 aliphatic heterocycles. The van der Waals surface area contributed by atoms with Gasteiger partial charge in [-0.05, 0) is 25.3 Å². The molecule has 2 N–H and O–H groups in total. The second kappa shape index (κ2) is 2.72. The van der Waals surface area contributed by atoms with Gasteiger partial charge in [-0.2, -0.15) is 0 Å². The van der Waals surface area contributed by atoms with E-state index in [1.165, 1.54) is 19.0 Å². The van der Waals surface area contributed by atoms with Crippen LogP contribution in [0.4, 0.5) is 5.82 Å². The van der Waals surface area contributed by atoms with Crippen LogP contribution < -0.4 is 5.32 Å². The topological polar surface area (TPSA) is 62.2 Å². The Hall–Kier alpha value is -1.58. The van der Waals surface area contributed by atoms with Crippen molar-refractivity contribution in [3.63, 3.8) is 0 Å². The average molecular weight is 204 g/mol. The second-order valence-corrected chi connectivity index (χ2v) is 4.38. The van der Waals surface area contributed by atoms with E-state index < -0.39 is 5.97 Å². The Labute approximate surface area is 87.3 Å². The van der Waals surface area contributed by atoms with Gasteiger partial charge in [-0.3, -0.25) is 0 Å². The Kier molecular flexibility index (Phi) is 1.58. The van der Waals surface area contributed by atoms with Crippen molar-refractivity contribution >= 4 is 11.8 Å². The molecule has 2 heterocycles. The van der Waals surface area contributed by atoms with Gasteiger partial charge in [0.1, 0.15) is 5.82 Å². The third kappa shape index (κ3) is 1.21. The third-order valence-electron chi connectivity index (χ3n) is 3.46. The van der Waals surface area contributed by atoms with Crippen molar-refractivity contribution < 1.29 is 9.90 Å². The molecule has 0 radical (unpaired) electrons. The Balaban J connectivity index is 2.12. The summed E-state index contributed by atoms with van der Waals surface area (Å²) in [6.07, 6.45) is 4.87. The van der Waals surface area contributed by atoms with Gasteiger partial charge in [-0.15, -0.1) is 0 Å². The van der Waals surface area contributed by atoms with Gasteiger partial charge in [-0.25, -0.2) is 9.78 Å². The molecule has 1 aromatic heterocycles. The van der Waals surface area contributed by atoms with Gasteiger partial charge >= 0.3 is 5.97 Å². The monoisotopic (exact) mass is 204 g/mol. The molecule has 0 amide bonds. The van der Waals surface area contributed by atoms with Gasteiger partial charge < -0.3 is 10.4 Å². The van der Waals surface area contributed by atoms with Crippen LogP contribution in [0, 0.1) is 0 Å². The molecule has 2 aliphatic rings. The predicted molar refractivity (Wildman–Crippen MR) is 55.2 cm³/mol. The summed E-state index contributed by atoms with van der Waals surface area (Å²) in [4.78, 5) is 15.0. The number of aromatic nitrogens is 1. The highest BCUT2D eigenvalue weighted by Crippen LogP contribution is 2.54. The summed E-state index contributed by atoms with van der Waals surface area (Å²) >= 11 is 0. The molecule has 3 rings (SSSR count). The van der Waals surface area contributed by atoms with Crippen LogP contribution in [0.25, 0.3) is 0 Å². The van der Waals surface area contributed by atoms with Crippen LogP contribution in [0.2, 0.25) is 0 Å². The molecule has 1 fully saturated rings. The molecule has 1 saturated carbocycles. The van der Waals surface area contributed by atoms with Gasteiger partial charge in [0.2, 0.25) is 0 Å². The number of carboxylic acid groups (broad SMARTS) is 1. The van der Waals surface area contributed by atoms with E-state index in [-0.39, 0.29) is 5.41 Å². The van der Waals surface area contributed by atoms with E-state index in [0.717, 1.165) is 24.3 Å². The van der Waals surface area contributed by atoms with Gasteiger partial charge in [0, 0.05) is 23.7 Å². The lowest BCUT2D eigenvalue weighted by Gasteiger charge is -2.25. The molecule has 0 aromatic carbocycles. The number of carbonyl (C=O) groups is 1. The van der Waals surface area contributed by atoms with Crippen LogP contribution in [-0.4, -0.2) is 22.6 Å². The van der Waals surface area contributed by atoms with E-state index >= 15 is 0 Å². The van der Waals surface area contributed by atoms with Gasteiger partial charge in [-0.1, -0.05) is 0 Å². The van der Waals surface area contributed by atoms with E-state index in [2.05, 4.69) is 10.3 Å². The first-order valence-corrected chi connectivity index (χ1v) is 5.19. The van der Waals surface area contributed by atoms with E-state index in [4.69, 9.17) is 5.11 Å². The Morgan fingerprint density at radius 3 is 2.93 bits per heavy atom. The molecule has 1 aromatic rings. The molecular weight excluding hydrogens is 192 g/mol. The second-order valence-electron chi connectivity index (χ2n) is 4.38. The number of fused-ring (bicyclic) bond motifs is 2. The number of nitrogens with one attached hydrogen (secondary N) is 1. The fourth-order valence-corrected chi connectivity index (χ4v) is 2.35. The molecule has 0 unspecified atom stereocenters. The predicted octanol–water partition coefficient (Wildman–Crippen LogP) is 1.63. The number of hydrogen-bond acceptors (Lipinski definition) is 3. The fourth-order valence-electron chi connectivity index (χ4n) is 2.35. The molecule has 1 spiro atoms. The summed E-state index contributed by atoms with van der Waals surface area (Å²) in [6, 6.07) is 1.78. The third-order valence-corrected chi connectivity index (χ3v) is 3.46. The first-order valence-electron chi connectivity index (χ1n) is 5.19. The molecule has 0 bridgehead atoms. The van der Waals surface area contributed by atoms with E-state index in [1.54, 1.807) is 6.07 Å². The molecule has 78 valence electrons. The number of rotatable bonds is 1. The van der Waals surface area contributed by atoms with Crippen molar-refractivity contribution in [1.29, 1.82) is 0 Å². The molecular formula is C11H12N2O2. The van der Waals surface area contributed by atoms with E-state index in [0.29, 0.717) is 5.56 Å². The quantitative estimate of drug-likeness (QED) is 0.729. The van der Waals surface area contributed by atoms with Gasteiger partial charge in [0.25, 0.3) is 0 Å². The summed E-state index contributed by atoms with van der Waals surface area (Å²) in [5.74, 6) is -0.0181. The summed E-state index contributed by atoms with van der Waals surface area (Å²) < 4.78 is 0. The van der Waals surface area contributed by atoms with Crippen molar-refractivity contribution in [3.8, 4) is 0 Å². The lowest BCUT2D eigenvalue weighted by atomic mass is 9.89. The molecule has 4 nitrogen and oxygen atoms in total. The molecule has 4 heteroatoms.